The number of hydrogen-bond acceptors (Lipinski definition) is 6. The van der Waals surface area contributed by atoms with Crippen molar-refractivity contribution in [2.75, 3.05) is 0 Å². The van der Waals surface area contributed by atoms with Gasteiger partial charge in [0.05, 0.1) is 16.8 Å². The van der Waals surface area contributed by atoms with Crippen molar-refractivity contribution in [2.24, 2.45) is 11.8 Å². The Morgan fingerprint density at radius 3 is 1.97 bits per heavy atom. The Labute approximate surface area is 224 Å². The van der Waals surface area contributed by atoms with Crippen LogP contribution in [0.1, 0.15) is 46.9 Å². The maximum absolute atomic E-state index is 13.8. The van der Waals surface area contributed by atoms with Crippen LogP contribution in [0.4, 0.5) is 5.69 Å². The molecule has 188 valence electrons. The summed E-state index contributed by atoms with van der Waals surface area (Å²) in [4.78, 5) is 64.9. The molecule has 4 rings (SSSR count). The summed E-state index contributed by atoms with van der Waals surface area (Å²) in [7, 11) is 0. The summed E-state index contributed by atoms with van der Waals surface area (Å²) in [6, 6.07) is 12.1. The van der Waals surface area contributed by atoms with Crippen molar-refractivity contribution < 1.29 is 24.1 Å². The average Bonchev–Trinajstić information content (AvgIpc) is 3.11. The maximum atomic E-state index is 13.8. The number of Topliss-reactive ketones (excluding diaryl/α,β-unsaturated/α-hetero) is 1. The van der Waals surface area contributed by atoms with Crippen molar-refractivity contribution in [1.29, 1.82) is 0 Å². The van der Waals surface area contributed by atoms with E-state index in [1.807, 2.05) is 0 Å². The summed E-state index contributed by atoms with van der Waals surface area (Å²) in [5.74, 6) is -3.46. The van der Waals surface area contributed by atoms with Gasteiger partial charge in [-0.25, -0.2) is 5.01 Å². The Morgan fingerprint density at radius 2 is 1.50 bits per heavy atom. The third-order valence-electron chi connectivity index (χ3n) is 6.68. The second kappa shape index (κ2) is 10.6. The van der Waals surface area contributed by atoms with E-state index in [4.69, 9.17) is 0 Å². The number of alkyl halides is 2. The number of nitrogens with zero attached hydrogens (tertiary/aromatic N) is 3. The molecule has 2 fully saturated rings. The molecule has 2 aromatic rings. The maximum Gasteiger partial charge on any atom is 0.273 e. The van der Waals surface area contributed by atoms with E-state index >= 15 is 0 Å². The van der Waals surface area contributed by atoms with Gasteiger partial charge in [0.2, 0.25) is 0 Å². The molecule has 11 heteroatoms. The third-order valence-corrected chi connectivity index (χ3v) is 9.41. The minimum Gasteiger partial charge on any atom is -0.292 e. The van der Waals surface area contributed by atoms with Crippen molar-refractivity contribution in [3.63, 3.8) is 0 Å². The number of amides is 3. The molecular formula is C25H23Br2N3O6. The first kappa shape index (κ1) is 26.2. The van der Waals surface area contributed by atoms with Crippen LogP contribution in [-0.4, -0.2) is 54.1 Å². The number of hydrogen-bond donors (Lipinski definition) is 0. The van der Waals surface area contributed by atoms with Gasteiger partial charge < -0.3 is 0 Å². The first-order chi connectivity index (χ1) is 17.1. The zero-order valence-corrected chi connectivity index (χ0v) is 22.4. The third kappa shape index (κ3) is 4.73. The van der Waals surface area contributed by atoms with Crippen LogP contribution in [0.15, 0.2) is 54.6 Å². The molecule has 3 amide bonds. The van der Waals surface area contributed by atoms with Gasteiger partial charge in [0.1, 0.15) is 6.04 Å². The van der Waals surface area contributed by atoms with E-state index in [9.17, 15) is 29.3 Å². The number of benzene rings is 2. The number of nitro benzene ring substituents is 1. The van der Waals surface area contributed by atoms with Crippen LogP contribution in [0.5, 0.6) is 0 Å². The van der Waals surface area contributed by atoms with Crippen molar-refractivity contribution in [1.82, 2.24) is 10.0 Å². The normalized spacial score (nSPS) is 24.2. The van der Waals surface area contributed by atoms with Crippen LogP contribution in [0.2, 0.25) is 0 Å². The Hall–Kier alpha value is -2.92. The molecule has 0 radical (unpaired) electrons. The van der Waals surface area contributed by atoms with Crippen LogP contribution in [0.25, 0.3) is 0 Å². The average molecular weight is 621 g/mol. The number of non-ortho nitro benzene ring substituents is 1. The van der Waals surface area contributed by atoms with Gasteiger partial charge in [-0.3, -0.25) is 29.3 Å². The summed E-state index contributed by atoms with van der Waals surface area (Å²) < 4.78 is 0. The molecule has 0 unspecified atom stereocenters. The molecule has 1 saturated carbocycles. The fourth-order valence-electron chi connectivity index (χ4n) is 4.78. The van der Waals surface area contributed by atoms with E-state index in [2.05, 4.69) is 31.9 Å². The number of fused-ring (bicyclic) bond motifs is 1. The van der Waals surface area contributed by atoms with Crippen LogP contribution in [0.3, 0.4) is 0 Å². The lowest BCUT2D eigenvalue weighted by Gasteiger charge is -2.36. The second-order valence-electron chi connectivity index (χ2n) is 8.81. The summed E-state index contributed by atoms with van der Waals surface area (Å²) >= 11 is 7.11. The van der Waals surface area contributed by atoms with E-state index in [1.54, 1.807) is 37.3 Å². The van der Waals surface area contributed by atoms with Crippen LogP contribution in [0, 0.1) is 22.0 Å². The molecule has 36 heavy (non-hydrogen) atoms. The number of carbonyl (C=O) groups excluding carboxylic acids is 4. The summed E-state index contributed by atoms with van der Waals surface area (Å²) in [6.45, 7) is 1.70. The lowest BCUT2D eigenvalue weighted by Crippen LogP contribution is -2.57. The second-order valence-corrected chi connectivity index (χ2v) is 11.2. The van der Waals surface area contributed by atoms with Gasteiger partial charge in [-0.05, 0) is 31.4 Å². The van der Waals surface area contributed by atoms with Gasteiger partial charge in [0.25, 0.3) is 23.4 Å². The number of hydrazine groups is 1. The molecule has 2 aromatic carbocycles. The molecule has 0 bridgehead atoms. The molecular weight excluding hydrogens is 598 g/mol. The van der Waals surface area contributed by atoms with Gasteiger partial charge in [-0.2, -0.15) is 5.01 Å². The van der Waals surface area contributed by atoms with Crippen LogP contribution >= 0.6 is 31.9 Å². The topological polar surface area (TPSA) is 118 Å². The molecule has 0 aromatic heterocycles. The van der Waals surface area contributed by atoms with Crippen molar-refractivity contribution in [3.8, 4) is 0 Å². The van der Waals surface area contributed by atoms with E-state index in [0.717, 1.165) is 10.0 Å². The van der Waals surface area contributed by atoms with Crippen molar-refractivity contribution >= 4 is 61.1 Å². The highest BCUT2D eigenvalue weighted by Gasteiger charge is 2.56. The zero-order chi connectivity index (χ0) is 26.1. The Balaban J connectivity index is 1.78. The summed E-state index contributed by atoms with van der Waals surface area (Å²) in [6.07, 6.45) is 0.955. The summed E-state index contributed by atoms with van der Waals surface area (Å²) in [5.41, 5.74) is 0.145. The highest BCUT2D eigenvalue weighted by atomic mass is 79.9. The van der Waals surface area contributed by atoms with Crippen LogP contribution in [-0.2, 0) is 9.59 Å². The lowest BCUT2D eigenvalue weighted by atomic mass is 9.81. The largest absolute Gasteiger partial charge is 0.292 e. The number of ketones is 1. The van der Waals surface area contributed by atoms with Gasteiger partial charge in [0, 0.05) is 32.9 Å². The minimum absolute atomic E-state index is 0.0205. The fraction of sp³-hybridized carbons (Fsp3) is 0.360. The van der Waals surface area contributed by atoms with Crippen molar-refractivity contribution in [2.45, 2.75) is 41.9 Å². The van der Waals surface area contributed by atoms with Crippen LogP contribution < -0.4 is 0 Å². The zero-order valence-electron chi connectivity index (χ0n) is 19.3. The van der Waals surface area contributed by atoms with E-state index in [1.165, 1.54) is 24.3 Å². The number of nitro groups is 1. The van der Waals surface area contributed by atoms with Gasteiger partial charge in [-0.15, -0.1) is 0 Å². The number of imide groups is 1. The monoisotopic (exact) mass is 619 g/mol. The van der Waals surface area contributed by atoms with Gasteiger partial charge in [-0.1, -0.05) is 69.1 Å². The molecule has 9 nitrogen and oxygen atoms in total. The van der Waals surface area contributed by atoms with E-state index in [-0.39, 0.29) is 27.3 Å². The van der Waals surface area contributed by atoms with Crippen molar-refractivity contribution in [3.05, 3.63) is 75.8 Å². The molecule has 1 heterocycles. The minimum atomic E-state index is -1.14. The highest BCUT2D eigenvalue weighted by molar-refractivity contribution is 9.12. The van der Waals surface area contributed by atoms with Gasteiger partial charge >= 0.3 is 0 Å². The number of rotatable bonds is 7. The van der Waals surface area contributed by atoms with E-state index < -0.39 is 46.3 Å². The molecule has 5 atom stereocenters. The lowest BCUT2D eigenvalue weighted by molar-refractivity contribution is -0.384. The molecule has 1 saturated heterocycles. The quantitative estimate of drug-likeness (QED) is 0.147. The fourth-order valence-corrected chi connectivity index (χ4v) is 6.02. The molecule has 1 aliphatic heterocycles. The number of halogens is 2. The molecule has 0 N–H and O–H groups in total. The van der Waals surface area contributed by atoms with Gasteiger partial charge in [0.15, 0.2) is 5.78 Å². The Morgan fingerprint density at radius 1 is 0.972 bits per heavy atom. The predicted octanol–water partition coefficient (Wildman–Crippen LogP) is 4.54. The highest BCUT2D eigenvalue weighted by Crippen LogP contribution is 2.44. The standard InChI is InChI=1S/C25H23Br2N3O6/c1-2-21(22(31)14-6-4-3-5-7-14)28(23(32)15-8-10-16(11-9-15)30(35)36)29-24(33)17-12-19(26)20(27)13-18(17)25(29)34/h3-11,17-21H,2,12-13H2,1H3/t17-,18-,19+,20+,21-/m1/s1. The number of carbonyl (C=O) groups is 4. The summed E-state index contributed by atoms with van der Waals surface area (Å²) in [5, 5.41) is 12.9. The Bertz CT molecular complexity index is 1180. The molecule has 1 aliphatic carbocycles. The smallest absolute Gasteiger partial charge is 0.273 e. The van der Waals surface area contributed by atoms with E-state index in [0.29, 0.717) is 18.4 Å². The predicted molar refractivity (Wildman–Crippen MR) is 138 cm³/mol. The molecule has 0 spiro atoms. The SMILES string of the molecule is CC[C@H](C(=O)c1ccccc1)N(C(=O)c1ccc([N+](=O)[O-])cc1)N1C(=O)[C@@H]2C[C@H](Br)[C@@H](Br)C[C@H]2C1=O. The first-order valence-electron chi connectivity index (χ1n) is 11.5. The molecule has 2 aliphatic rings. The Kier molecular flexibility index (Phi) is 7.70. The first-order valence-corrected chi connectivity index (χ1v) is 13.3.